The van der Waals surface area contributed by atoms with Gasteiger partial charge < -0.3 is 9.29 Å². The molecule has 0 unspecified atom stereocenters. The summed E-state index contributed by atoms with van der Waals surface area (Å²) in [6.07, 6.45) is 1.28. The highest BCUT2D eigenvalue weighted by atomic mass is 32.2. The van der Waals surface area contributed by atoms with Crippen LogP contribution in [0.25, 0.3) is 0 Å². The molecule has 0 fully saturated rings. The van der Waals surface area contributed by atoms with Gasteiger partial charge in [-0.05, 0) is 6.42 Å². The third kappa shape index (κ3) is 4.23. The Morgan fingerprint density at radius 1 is 1.54 bits per heavy atom. The summed E-state index contributed by atoms with van der Waals surface area (Å²) in [5.74, 6) is -0.969. The van der Waals surface area contributed by atoms with E-state index in [1.54, 1.807) is 0 Å². The van der Waals surface area contributed by atoms with Crippen molar-refractivity contribution in [1.82, 2.24) is 0 Å². The number of unbranched alkanes of at least 4 members (excludes halogenated alkanes) is 1. The van der Waals surface area contributed by atoms with Crippen molar-refractivity contribution < 1.29 is 22.5 Å². The van der Waals surface area contributed by atoms with E-state index in [-0.39, 0.29) is 6.42 Å². The maximum atomic E-state index is 10.9. The van der Waals surface area contributed by atoms with E-state index in [4.69, 9.17) is 0 Å². The van der Waals surface area contributed by atoms with Crippen LogP contribution in [0.4, 0.5) is 0 Å². The van der Waals surface area contributed by atoms with Crippen LogP contribution in [0.15, 0.2) is 0 Å². The van der Waals surface area contributed by atoms with Gasteiger partial charge in [0.1, 0.15) is 15.4 Å². The minimum atomic E-state index is -4.57. The van der Waals surface area contributed by atoms with Gasteiger partial charge in [-0.1, -0.05) is 19.8 Å². The number of hydrogen-bond donors (Lipinski definition) is 0. The van der Waals surface area contributed by atoms with E-state index >= 15 is 0 Å². The van der Waals surface area contributed by atoms with Crippen molar-refractivity contribution in [3.05, 3.63) is 0 Å². The molecule has 0 amide bonds. The van der Waals surface area contributed by atoms with E-state index in [0.717, 1.165) is 13.5 Å². The molecule has 0 aromatic carbocycles. The van der Waals surface area contributed by atoms with E-state index in [2.05, 4.69) is 4.74 Å². The summed E-state index contributed by atoms with van der Waals surface area (Å²) in [4.78, 5) is 10.9. The van der Waals surface area contributed by atoms with Gasteiger partial charge in [0.25, 0.3) is 0 Å². The molecule has 13 heavy (non-hydrogen) atoms. The zero-order valence-corrected chi connectivity index (χ0v) is 8.46. The highest BCUT2D eigenvalue weighted by Gasteiger charge is 2.25. The second-order valence-corrected chi connectivity index (χ2v) is 4.20. The number of ether oxygens (including phenoxy) is 1. The fraction of sp³-hybridized carbons (Fsp3) is 0.857. The van der Waals surface area contributed by atoms with Crippen LogP contribution in [0.5, 0.6) is 0 Å². The second kappa shape index (κ2) is 5.18. The van der Waals surface area contributed by atoms with Crippen molar-refractivity contribution in [2.75, 3.05) is 7.11 Å². The average Bonchev–Trinajstić information content (AvgIpc) is 2.02. The summed E-state index contributed by atoms with van der Waals surface area (Å²) >= 11 is 0. The number of methoxy groups -OCH3 is 1. The molecule has 0 aliphatic carbocycles. The van der Waals surface area contributed by atoms with Crippen molar-refractivity contribution in [3.63, 3.8) is 0 Å². The fourth-order valence-corrected chi connectivity index (χ4v) is 1.69. The molecule has 0 saturated heterocycles. The first-order valence-corrected chi connectivity index (χ1v) is 5.43. The summed E-state index contributed by atoms with van der Waals surface area (Å²) in [7, 11) is -3.51. The molecule has 0 aliphatic heterocycles. The molecule has 0 saturated carbocycles. The number of esters is 1. The molecule has 0 aromatic heterocycles. The Morgan fingerprint density at radius 3 is 2.38 bits per heavy atom. The molecule has 6 heteroatoms. The van der Waals surface area contributed by atoms with Crippen LogP contribution >= 0.6 is 0 Å². The molecule has 0 heterocycles. The molecule has 1 atom stereocenters. The predicted octanol–water partition coefficient (Wildman–Crippen LogP) is 0.263. The van der Waals surface area contributed by atoms with Crippen LogP contribution < -0.4 is 0 Å². The monoisotopic (exact) mass is 209 g/mol. The normalized spacial score (nSPS) is 13.8. The number of carbonyl (C=O) groups excluding carboxylic acids is 1. The summed E-state index contributed by atoms with van der Waals surface area (Å²) in [6, 6.07) is 0. The van der Waals surface area contributed by atoms with Crippen molar-refractivity contribution in [2.24, 2.45) is 0 Å². The van der Waals surface area contributed by atoms with Crippen LogP contribution in [-0.2, 0) is 19.6 Å². The van der Waals surface area contributed by atoms with Gasteiger partial charge in [-0.2, -0.15) is 0 Å². The van der Waals surface area contributed by atoms with Gasteiger partial charge in [0.05, 0.1) is 7.11 Å². The SMILES string of the molecule is CCCC[C@H](C(=O)OC)S(=O)(=O)[O-]. The topological polar surface area (TPSA) is 83.5 Å². The number of rotatable bonds is 5. The highest BCUT2D eigenvalue weighted by molar-refractivity contribution is 7.87. The van der Waals surface area contributed by atoms with Gasteiger partial charge in [-0.3, -0.25) is 4.79 Å². The van der Waals surface area contributed by atoms with Crippen LogP contribution in [-0.4, -0.2) is 31.3 Å². The van der Waals surface area contributed by atoms with Crippen LogP contribution in [0.2, 0.25) is 0 Å². The lowest BCUT2D eigenvalue weighted by molar-refractivity contribution is -0.140. The molecule has 0 rings (SSSR count). The highest BCUT2D eigenvalue weighted by Crippen LogP contribution is 2.10. The maximum Gasteiger partial charge on any atom is 0.322 e. The minimum Gasteiger partial charge on any atom is -0.747 e. The molecule has 0 aromatic rings. The van der Waals surface area contributed by atoms with E-state index in [0.29, 0.717) is 6.42 Å². The lowest BCUT2D eigenvalue weighted by Crippen LogP contribution is -2.31. The summed E-state index contributed by atoms with van der Waals surface area (Å²) in [5.41, 5.74) is 0. The Balaban J connectivity index is 4.47. The average molecular weight is 209 g/mol. The zero-order chi connectivity index (χ0) is 10.5. The Morgan fingerprint density at radius 2 is 2.08 bits per heavy atom. The fourth-order valence-electron chi connectivity index (χ4n) is 0.901. The third-order valence-corrected chi connectivity index (χ3v) is 2.76. The molecule has 0 bridgehead atoms. The molecule has 5 nitrogen and oxygen atoms in total. The van der Waals surface area contributed by atoms with Crippen molar-refractivity contribution >= 4 is 16.1 Å². The standard InChI is InChI=1S/C7H14O5S/c1-3-4-5-6(7(8)12-2)13(9,10)11/h6H,3-5H2,1-2H3,(H,9,10,11)/p-1/t6-/m1/s1. The summed E-state index contributed by atoms with van der Waals surface area (Å²) < 4.78 is 36.0. The van der Waals surface area contributed by atoms with Crippen LogP contribution in [0.1, 0.15) is 26.2 Å². The largest absolute Gasteiger partial charge is 0.747 e. The lowest BCUT2D eigenvalue weighted by atomic mass is 10.2. The van der Waals surface area contributed by atoms with E-state index in [1.807, 2.05) is 6.92 Å². The Hall–Kier alpha value is -0.620. The van der Waals surface area contributed by atoms with Crippen molar-refractivity contribution in [3.8, 4) is 0 Å². The van der Waals surface area contributed by atoms with Gasteiger partial charge in [0.15, 0.2) is 0 Å². The first-order chi connectivity index (χ1) is 5.93. The second-order valence-electron chi connectivity index (χ2n) is 2.65. The minimum absolute atomic E-state index is 0.0367. The van der Waals surface area contributed by atoms with Crippen LogP contribution in [0, 0.1) is 0 Å². The Labute approximate surface area is 77.8 Å². The van der Waals surface area contributed by atoms with Gasteiger partial charge >= 0.3 is 5.97 Å². The Bertz CT molecular complexity index is 256. The molecular weight excluding hydrogens is 196 g/mol. The molecule has 0 N–H and O–H groups in total. The molecule has 0 radical (unpaired) electrons. The Kier molecular flexibility index (Phi) is 4.94. The first kappa shape index (κ1) is 12.4. The maximum absolute atomic E-state index is 10.9. The van der Waals surface area contributed by atoms with Crippen LogP contribution in [0.3, 0.4) is 0 Å². The molecule has 0 spiro atoms. The van der Waals surface area contributed by atoms with E-state index < -0.39 is 21.3 Å². The molecular formula is C7H13O5S-. The van der Waals surface area contributed by atoms with Gasteiger partial charge in [-0.25, -0.2) is 8.42 Å². The summed E-state index contributed by atoms with van der Waals surface area (Å²) in [5, 5.41) is -1.54. The number of carbonyl (C=O) groups is 1. The van der Waals surface area contributed by atoms with Gasteiger partial charge in [0.2, 0.25) is 0 Å². The molecule has 78 valence electrons. The van der Waals surface area contributed by atoms with Crippen molar-refractivity contribution in [1.29, 1.82) is 0 Å². The van der Waals surface area contributed by atoms with E-state index in [9.17, 15) is 17.8 Å². The summed E-state index contributed by atoms with van der Waals surface area (Å²) in [6.45, 7) is 1.84. The zero-order valence-electron chi connectivity index (χ0n) is 7.65. The van der Waals surface area contributed by atoms with Crippen molar-refractivity contribution in [2.45, 2.75) is 31.4 Å². The van der Waals surface area contributed by atoms with E-state index in [1.165, 1.54) is 0 Å². The van der Waals surface area contributed by atoms with Gasteiger partial charge in [0, 0.05) is 0 Å². The quantitative estimate of drug-likeness (QED) is 0.479. The molecule has 0 aliphatic rings. The van der Waals surface area contributed by atoms with Gasteiger partial charge in [-0.15, -0.1) is 0 Å². The first-order valence-electron chi connectivity index (χ1n) is 3.96. The smallest absolute Gasteiger partial charge is 0.322 e. The lowest BCUT2D eigenvalue weighted by Gasteiger charge is -2.17. The third-order valence-electron chi connectivity index (χ3n) is 1.63. The predicted molar refractivity (Wildman–Crippen MR) is 45.0 cm³/mol. The number of hydrogen-bond acceptors (Lipinski definition) is 5.